The Bertz CT molecular complexity index is 1300. The molecular formula is C23H21N3O5S. The van der Waals surface area contributed by atoms with Gasteiger partial charge in [0.2, 0.25) is 0 Å². The van der Waals surface area contributed by atoms with Gasteiger partial charge in [-0.15, -0.1) is 0 Å². The highest BCUT2D eigenvalue weighted by Gasteiger charge is 2.29. The number of rotatable bonds is 5. The van der Waals surface area contributed by atoms with Gasteiger partial charge >= 0.3 is 0 Å². The Morgan fingerprint density at radius 1 is 1.06 bits per heavy atom. The van der Waals surface area contributed by atoms with Crippen LogP contribution in [0.3, 0.4) is 0 Å². The van der Waals surface area contributed by atoms with E-state index in [4.69, 9.17) is 0 Å². The molecule has 1 aliphatic rings. The quantitative estimate of drug-likeness (QED) is 0.459. The molecule has 3 aromatic rings. The number of aryl methyl sites for hydroxylation is 2. The van der Waals surface area contributed by atoms with Gasteiger partial charge in [0.1, 0.15) is 0 Å². The molecule has 0 fully saturated rings. The minimum Gasteiger partial charge on any atom is -0.322 e. The fourth-order valence-electron chi connectivity index (χ4n) is 3.67. The van der Waals surface area contributed by atoms with Crippen molar-refractivity contribution >= 4 is 33.0 Å². The fourth-order valence-corrected chi connectivity index (χ4v) is 5.20. The van der Waals surface area contributed by atoms with E-state index in [2.05, 4.69) is 5.32 Å². The molecule has 164 valence electrons. The summed E-state index contributed by atoms with van der Waals surface area (Å²) in [5.41, 5.74) is 2.73. The summed E-state index contributed by atoms with van der Waals surface area (Å²) in [6.45, 7) is 2.23. The lowest BCUT2D eigenvalue weighted by atomic mass is 10.0. The number of amides is 1. The number of hydrogen-bond acceptors (Lipinski definition) is 5. The van der Waals surface area contributed by atoms with Gasteiger partial charge in [-0.2, -0.15) is 0 Å². The molecule has 8 nitrogen and oxygen atoms in total. The summed E-state index contributed by atoms with van der Waals surface area (Å²) in [6, 6.07) is 17.3. The molecule has 3 aromatic carbocycles. The number of carbonyl (C=O) groups excluding carboxylic acids is 1. The maximum absolute atomic E-state index is 13.3. The van der Waals surface area contributed by atoms with E-state index >= 15 is 0 Å². The Morgan fingerprint density at radius 3 is 2.53 bits per heavy atom. The maximum atomic E-state index is 13.3. The molecule has 4 rings (SSSR count). The smallest absolute Gasteiger partial charge is 0.270 e. The zero-order valence-electron chi connectivity index (χ0n) is 17.3. The molecule has 1 amide bonds. The molecule has 1 heterocycles. The van der Waals surface area contributed by atoms with Crippen molar-refractivity contribution in [2.75, 3.05) is 16.2 Å². The predicted molar refractivity (Wildman–Crippen MR) is 122 cm³/mol. The first-order valence-electron chi connectivity index (χ1n) is 10.0. The number of fused-ring (bicyclic) bond motifs is 1. The van der Waals surface area contributed by atoms with E-state index in [1.165, 1.54) is 28.6 Å². The topological polar surface area (TPSA) is 110 Å². The van der Waals surface area contributed by atoms with Crippen LogP contribution in [0.5, 0.6) is 0 Å². The SMILES string of the molecule is Cc1ccc(S(=O)(=O)N2CCCc3ccc(NC(=O)c4cccc([N+](=O)[O-])c4)cc32)cc1. The molecule has 0 atom stereocenters. The highest BCUT2D eigenvalue weighted by atomic mass is 32.2. The number of sulfonamides is 1. The molecule has 0 saturated carbocycles. The summed E-state index contributed by atoms with van der Waals surface area (Å²) in [7, 11) is -3.76. The first kappa shape index (κ1) is 21.5. The van der Waals surface area contributed by atoms with Crippen LogP contribution >= 0.6 is 0 Å². The molecule has 0 aromatic heterocycles. The van der Waals surface area contributed by atoms with Gasteiger partial charge < -0.3 is 5.32 Å². The molecule has 0 aliphatic carbocycles. The molecule has 1 aliphatic heterocycles. The normalized spacial score (nSPS) is 13.3. The van der Waals surface area contributed by atoms with Crippen molar-refractivity contribution < 1.29 is 18.1 Å². The Balaban J connectivity index is 1.64. The van der Waals surface area contributed by atoms with E-state index in [-0.39, 0.29) is 16.1 Å². The average Bonchev–Trinajstić information content (AvgIpc) is 2.79. The second-order valence-electron chi connectivity index (χ2n) is 7.60. The van der Waals surface area contributed by atoms with Gasteiger partial charge in [0, 0.05) is 29.9 Å². The molecule has 0 spiro atoms. The Kier molecular flexibility index (Phi) is 5.67. The van der Waals surface area contributed by atoms with Crippen molar-refractivity contribution in [2.45, 2.75) is 24.7 Å². The van der Waals surface area contributed by atoms with Gasteiger partial charge in [0.15, 0.2) is 0 Å². The summed E-state index contributed by atoms with van der Waals surface area (Å²) in [4.78, 5) is 23.2. The molecular weight excluding hydrogens is 430 g/mol. The van der Waals surface area contributed by atoms with Crippen LogP contribution in [0.25, 0.3) is 0 Å². The Hall–Kier alpha value is -3.72. The third-order valence-corrected chi connectivity index (χ3v) is 7.17. The number of carbonyl (C=O) groups is 1. The van der Waals surface area contributed by atoms with Crippen LogP contribution < -0.4 is 9.62 Å². The van der Waals surface area contributed by atoms with Gasteiger partial charge in [-0.3, -0.25) is 19.2 Å². The van der Waals surface area contributed by atoms with Crippen molar-refractivity contribution in [3.05, 3.63) is 93.5 Å². The van der Waals surface area contributed by atoms with Crippen LogP contribution in [-0.2, 0) is 16.4 Å². The number of nitro groups is 1. The van der Waals surface area contributed by atoms with Gasteiger partial charge in [0.25, 0.3) is 21.6 Å². The summed E-state index contributed by atoms with van der Waals surface area (Å²) < 4.78 is 28.0. The summed E-state index contributed by atoms with van der Waals surface area (Å²) in [5.74, 6) is -0.516. The van der Waals surface area contributed by atoms with Gasteiger partial charge in [-0.25, -0.2) is 8.42 Å². The van der Waals surface area contributed by atoms with Crippen LogP contribution in [0.1, 0.15) is 27.9 Å². The number of non-ortho nitro benzene ring substituents is 1. The van der Waals surface area contributed by atoms with Crippen LogP contribution in [0.2, 0.25) is 0 Å². The lowest BCUT2D eigenvalue weighted by Crippen LogP contribution is -2.35. The molecule has 32 heavy (non-hydrogen) atoms. The van der Waals surface area contributed by atoms with E-state index in [1.54, 1.807) is 42.5 Å². The zero-order valence-corrected chi connectivity index (χ0v) is 18.1. The number of nitrogens with zero attached hydrogens (tertiary/aromatic N) is 2. The Labute approximate surface area is 185 Å². The minimum absolute atomic E-state index is 0.140. The molecule has 0 saturated heterocycles. The maximum Gasteiger partial charge on any atom is 0.270 e. The number of nitro benzene ring substituents is 1. The second kappa shape index (κ2) is 8.43. The molecule has 9 heteroatoms. The molecule has 0 bridgehead atoms. The lowest BCUT2D eigenvalue weighted by Gasteiger charge is -2.31. The van der Waals surface area contributed by atoms with Crippen molar-refractivity contribution in [2.24, 2.45) is 0 Å². The molecule has 1 N–H and O–H groups in total. The number of hydrogen-bond donors (Lipinski definition) is 1. The van der Waals surface area contributed by atoms with E-state index in [0.717, 1.165) is 17.5 Å². The first-order valence-corrected chi connectivity index (χ1v) is 11.5. The van der Waals surface area contributed by atoms with Gasteiger partial charge in [0.05, 0.1) is 15.5 Å². The summed E-state index contributed by atoms with van der Waals surface area (Å²) in [6.07, 6.45) is 1.42. The van der Waals surface area contributed by atoms with E-state index in [9.17, 15) is 23.3 Å². The zero-order chi connectivity index (χ0) is 22.9. The van der Waals surface area contributed by atoms with Crippen LogP contribution in [0.15, 0.2) is 71.6 Å². The highest BCUT2D eigenvalue weighted by Crippen LogP contribution is 2.34. The largest absolute Gasteiger partial charge is 0.322 e. The van der Waals surface area contributed by atoms with Crippen LogP contribution in [-0.4, -0.2) is 25.8 Å². The predicted octanol–water partition coefficient (Wildman–Crippen LogP) is 4.30. The molecule has 0 radical (unpaired) electrons. The Morgan fingerprint density at radius 2 is 1.81 bits per heavy atom. The van der Waals surface area contributed by atoms with Crippen LogP contribution in [0.4, 0.5) is 17.1 Å². The fraction of sp³-hybridized carbons (Fsp3) is 0.174. The van der Waals surface area contributed by atoms with Crippen LogP contribution in [0, 0.1) is 17.0 Å². The number of benzene rings is 3. The van der Waals surface area contributed by atoms with Crippen molar-refractivity contribution in [3.63, 3.8) is 0 Å². The van der Waals surface area contributed by atoms with Crippen molar-refractivity contribution in [3.8, 4) is 0 Å². The number of nitrogens with one attached hydrogen (secondary N) is 1. The van der Waals surface area contributed by atoms with Crippen molar-refractivity contribution in [1.29, 1.82) is 0 Å². The lowest BCUT2D eigenvalue weighted by molar-refractivity contribution is -0.384. The summed E-state index contributed by atoms with van der Waals surface area (Å²) in [5, 5.41) is 13.7. The van der Waals surface area contributed by atoms with Crippen molar-refractivity contribution in [1.82, 2.24) is 0 Å². The molecule has 0 unspecified atom stereocenters. The van der Waals surface area contributed by atoms with Gasteiger partial charge in [-0.1, -0.05) is 29.8 Å². The van der Waals surface area contributed by atoms with E-state index < -0.39 is 20.9 Å². The standard InChI is InChI=1S/C23H21N3O5S/c1-16-7-11-21(12-8-16)32(30,31)25-13-3-5-17-9-10-19(15-22(17)25)24-23(27)18-4-2-6-20(14-18)26(28)29/h2,4,6-12,14-15H,3,5,13H2,1H3,(H,24,27). The first-order chi connectivity index (χ1) is 15.3. The number of anilines is 2. The van der Waals surface area contributed by atoms with Gasteiger partial charge in [-0.05, 0) is 55.7 Å². The monoisotopic (exact) mass is 451 g/mol. The second-order valence-corrected chi connectivity index (χ2v) is 9.46. The third kappa shape index (κ3) is 4.19. The van der Waals surface area contributed by atoms with E-state index in [0.29, 0.717) is 24.3 Å². The third-order valence-electron chi connectivity index (χ3n) is 5.35. The minimum atomic E-state index is -3.76. The van der Waals surface area contributed by atoms with E-state index in [1.807, 2.05) is 6.92 Å². The highest BCUT2D eigenvalue weighted by molar-refractivity contribution is 7.92. The average molecular weight is 452 g/mol. The summed E-state index contributed by atoms with van der Waals surface area (Å²) >= 11 is 0.